The van der Waals surface area contributed by atoms with Crippen LogP contribution >= 0.6 is 0 Å². The maximum atomic E-state index is 8.44. The van der Waals surface area contributed by atoms with Crippen LogP contribution in [0.25, 0.3) is 0 Å². The zero-order chi connectivity index (χ0) is 12.9. The van der Waals surface area contributed by atoms with Crippen LogP contribution < -0.4 is 4.74 Å². The molecular formula is C15H21NO. The average Bonchev–Trinajstić information content (AvgIpc) is 2.24. The average molecular weight is 231 g/mol. The van der Waals surface area contributed by atoms with Crippen LogP contribution in [0.4, 0.5) is 0 Å². The zero-order valence-electron chi connectivity index (χ0n) is 11.2. The normalized spacial score (nSPS) is 11.0. The Labute approximate surface area is 104 Å². The van der Waals surface area contributed by atoms with Crippen LogP contribution in [0.1, 0.15) is 44.7 Å². The van der Waals surface area contributed by atoms with E-state index in [4.69, 9.17) is 10.00 Å². The van der Waals surface area contributed by atoms with Gasteiger partial charge in [0.25, 0.3) is 0 Å². The van der Waals surface area contributed by atoms with Crippen LogP contribution in [0.2, 0.25) is 0 Å². The number of ether oxygens (including phenoxy) is 1. The van der Waals surface area contributed by atoms with E-state index in [0.717, 1.165) is 17.7 Å². The van der Waals surface area contributed by atoms with Crippen molar-refractivity contribution in [2.75, 3.05) is 6.61 Å². The largest absolute Gasteiger partial charge is 0.493 e. The number of nitriles is 1. The van der Waals surface area contributed by atoms with Crippen LogP contribution in [-0.2, 0) is 5.41 Å². The van der Waals surface area contributed by atoms with E-state index >= 15 is 0 Å². The van der Waals surface area contributed by atoms with Crippen molar-refractivity contribution >= 4 is 0 Å². The predicted molar refractivity (Wildman–Crippen MR) is 70.2 cm³/mol. The maximum absolute atomic E-state index is 8.44. The Balaban J connectivity index is 2.68. The van der Waals surface area contributed by atoms with Gasteiger partial charge in [0.2, 0.25) is 0 Å². The summed E-state index contributed by atoms with van der Waals surface area (Å²) in [4.78, 5) is 0. The zero-order valence-corrected chi connectivity index (χ0v) is 11.2. The molecule has 0 radical (unpaired) electrons. The summed E-state index contributed by atoms with van der Waals surface area (Å²) in [7, 11) is 0. The Bertz CT molecular complexity index is 410. The van der Waals surface area contributed by atoms with E-state index in [2.05, 4.69) is 45.9 Å². The number of nitrogens with zero attached hydrogens (tertiary/aromatic N) is 1. The summed E-state index contributed by atoms with van der Waals surface area (Å²) in [6, 6.07) is 8.45. The van der Waals surface area contributed by atoms with Crippen molar-refractivity contribution in [2.24, 2.45) is 0 Å². The van der Waals surface area contributed by atoms with Crippen LogP contribution in [0, 0.1) is 18.3 Å². The fourth-order valence-electron chi connectivity index (χ4n) is 1.61. The Morgan fingerprint density at radius 3 is 2.53 bits per heavy atom. The molecule has 2 heteroatoms. The molecule has 0 aromatic heterocycles. The lowest BCUT2D eigenvalue weighted by Crippen LogP contribution is -2.11. The summed E-state index contributed by atoms with van der Waals surface area (Å²) >= 11 is 0. The van der Waals surface area contributed by atoms with Gasteiger partial charge in [0.1, 0.15) is 5.75 Å². The van der Waals surface area contributed by atoms with E-state index in [1.54, 1.807) is 0 Å². The van der Waals surface area contributed by atoms with Gasteiger partial charge in [-0.05, 0) is 36.0 Å². The third kappa shape index (κ3) is 4.11. The molecule has 0 bridgehead atoms. The highest BCUT2D eigenvalue weighted by Crippen LogP contribution is 2.27. The second kappa shape index (κ2) is 5.72. The molecule has 1 aromatic rings. The smallest absolute Gasteiger partial charge is 0.122 e. The van der Waals surface area contributed by atoms with Gasteiger partial charge in [0, 0.05) is 6.42 Å². The lowest BCUT2D eigenvalue weighted by atomic mass is 9.86. The van der Waals surface area contributed by atoms with Crippen LogP contribution in [0.15, 0.2) is 18.2 Å². The van der Waals surface area contributed by atoms with Crippen molar-refractivity contribution in [3.8, 4) is 11.8 Å². The number of rotatable bonds is 4. The molecular weight excluding hydrogens is 210 g/mol. The Kier molecular flexibility index (Phi) is 4.57. The first-order valence-corrected chi connectivity index (χ1v) is 6.06. The lowest BCUT2D eigenvalue weighted by Gasteiger charge is -2.20. The van der Waals surface area contributed by atoms with E-state index in [1.165, 1.54) is 5.56 Å². The van der Waals surface area contributed by atoms with Gasteiger partial charge in [-0.25, -0.2) is 0 Å². The molecule has 0 N–H and O–H groups in total. The lowest BCUT2D eigenvalue weighted by molar-refractivity contribution is 0.310. The second-order valence-corrected chi connectivity index (χ2v) is 5.34. The van der Waals surface area contributed by atoms with Crippen LogP contribution in [0.3, 0.4) is 0 Å². The second-order valence-electron chi connectivity index (χ2n) is 5.34. The SMILES string of the molecule is Cc1cc(C(C)(C)C)ccc1OCCCC#N. The number of hydrogen-bond donors (Lipinski definition) is 0. The summed E-state index contributed by atoms with van der Waals surface area (Å²) in [5, 5.41) is 8.44. The van der Waals surface area contributed by atoms with Gasteiger partial charge in [0.05, 0.1) is 12.7 Å². The van der Waals surface area contributed by atoms with Gasteiger partial charge in [-0.3, -0.25) is 0 Å². The molecule has 0 unspecified atom stereocenters. The highest BCUT2D eigenvalue weighted by atomic mass is 16.5. The van der Waals surface area contributed by atoms with Gasteiger partial charge in [0.15, 0.2) is 0 Å². The number of aryl methyl sites for hydroxylation is 1. The fourth-order valence-corrected chi connectivity index (χ4v) is 1.61. The van der Waals surface area contributed by atoms with Crippen molar-refractivity contribution in [1.29, 1.82) is 5.26 Å². The highest BCUT2D eigenvalue weighted by Gasteiger charge is 2.14. The summed E-state index contributed by atoms with van der Waals surface area (Å²) in [5.41, 5.74) is 2.65. The molecule has 1 aromatic carbocycles. The predicted octanol–water partition coefficient (Wildman–Crippen LogP) is 3.98. The first-order chi connectivity index (χ1) is 7.95. The molecule has 0 fully saturated rings. The monoisotopic (exact) mass is 231 g/mol. The first-order valence-electron chi connectivity index (χ1n) is 6.06. The molecule has 0 aliphatic carbocycles. The number of hydrogen-bond acceptors (Lipinski definition) is 2. The van der Waals surface area contributed by atoms with Crippen molar-refractivity contribution < 1.29 is 4.74 Å². The van der Waals surface area contributed by atoms with Crippen LogP contribution in [0.5, 0.6) is 5.75 Å². The molecule has 0 heterocycles. The van der Waals surface area contributed by atoms with Gasteiger partial charge in [-0.1, -0.05) is 32.9 Å². The third-order valence-corrected chi connectivity index (χ3v) is 2.73. The number of benzene rings is 1. The van der Waals surface area contributed by atoms with E-state index in [1.807, 2.05) is 6.07 Å². The minimum atomic E-state index is 0.171. The summed E-state index contributed by atoms with van der Waals surface area (Å²) in [5.74, 6) is 0.927. The molecule has 92 valence electrons. The fraction of sp³-hybridized carbons (Fsp3) is 0.533. The quantitative estimate of drug-likeness (QED) is 0.734. The van der Waals surface area contributed by atoms with Gasteiger partial charge in [-0.15, -0.1) is 0 Å². The molecule has 0 saturated heterocycles. The molecule has 1 rings (SSSR count). The Morgan fingerprint density at radius 2 is 2.00 bits per heavy atom. The summed E-state index contributed by atoms with van der Waals surface area (Å²) < 4.78 is 5.66. The number of unbranched alkanes of at least 4 members (excludes halogenated alkanes) is 1. The van der Waals surface area contributed by atoms with E-state index in [0.29, 0.717) is 13.0 Å². The van der Waals surface area contributed by atoms with E-state index in [9.17, 15) is 0 Å². The highest BCUT2D eigenvalue weighted by molar-refractivity contribution is 5.38. The minimum Gasteiger partial charge on any atom is -0.493 e. The minimum absolute atomic E-state index is 0.171. The van der Waals surface area contributed by atoms with E-state index < -0.39 is 0 Å². The third-order valence-electron chi connectivity index (χ3n) is 2.73. The molecule has 0 aliphatic heterocycles. The van der Waals surface area contributed by atoms with Gasteiger partial charge >= 0.3 is 0 Å². The van der Waals surface area contributed by atoms with E-state index in [-0.39, 0.29) is 5.41 Å². The van der Waals surface area contributed by atoms with Gasteiger partial charge < -0.3 is 4.74 Å². The van der Waals surface area contributed by atoms with Crippen LogP contribution in [-0.4, -0.2) is 6.61 Å². The van der Waals surface area contributed by atoms with Crippen molar-refractivity contribution in [3.05, 3.63) is 29.3 Å². The first kappa shape index (κ1) is 13.6. The molecule has 0 aliphatic rings. The van der Waals surface area contributed by atoms with Crippen molar-refractivity contribution in [3.63, 3.8) is 0 Å². The maximum Gasteiger partial charge on any atom is 0.122 e. The Morgan fingerprint density at radius 1 is 1.29 bits per heavy atom. The van der Waals surface area contributed by atoms with Crippen molar-refractivity contribution in [2.45, 2.75) is 46.0 Å². The molecule has 2 nitrogen and oxygen atoms in total. The summed E-state index contributed by atoms with van der Waals surface area (Å²) in [6.07, 6.45) is 1.34. The topological polar surface area (TPSA) is 33.0 Å². The molecule has 17 heavy (non-hydrogen) atoms. The Hall–Kier alpha value is -1.49. The molecule has 0 atom stereocenters. The van der Waals surface area contributed by atoms with Gasteiger partial charge in [-0.2, -0.15) is 5.26 Å². The molecule has 0 spiro atoms. The molecule has 0 saturated carbocycles. The molecule has 0 amide bonds. The van der Waals surface area contributed by atoms with Crippen molar-refractivity contribution in [1.82, 2.24) is 0 Å². The standard InChI is InChI=1S/C15H21NO/c1-12-11-13(15(2,3)4)7-8-14(12)17-10-6-5-9-16/h7-8,11H,5-6,10H2,1-4H3. The summed E-state index contributed by atoms with van der Waals surface area (Å²) in [6.45, 7) is 9.29.